The smallest absolute Gasteiger partial charge is 0.287 e. The Kier molecular flexibility index (Phi) is 4.44. The number of hydrogen-bond donors (Lipinski definition) is 3. The monoisotopic (exact) mass is 373 g/mol. The van der Waals surface area contributed by atoms with Crippen LogP contribution in [0.1, 0.15) is 0 Å². The number of rotatable bonds is 6. The van der Waals surface area contributed by atoms with Gasteiger partial charge in [0.25, 0.3) is 5.56 Å². The number of ether oxygens (including phenoxy) is 1. The predicted molar refractivity (Wildman–Crippen MR) is 93.5 cm³/mol. The highest BCUT2D eigenvalue weighted by Crippen LogP contribution is 2.19. The van der Waals surface area contributed by atoms with Gasteiger partial charge in [-0.25, -0.2) is 13.8 Å². The minimum Gasteiger partial charge on any atom is -0.394 e. The fourth-order valence-corrected chi connectivity index (χ4v) is 2.72. The van der Waals surface area contributed by atoms with Crippen molar-refractivity contribution in [2.24, 2.45) is 0 Å². The number of benzene rings is 1. The van der Waals surface area contributed by atoms with Crippen molar-refractivity contribution < 1.29 is 19.3 Å². The van der Waals surface area contributed by atoms with Crippen molar-refractivity contribution in [2.45, 2.75) is 12.8 Å². The van der Waals surface area contributed by atoms with E-state index in [1.54, 1.807) is 18.3 Å². The molecule has 0 spiro atoms. The number of fused-ring (bicyclic) bond motifs is 2. The van der Waals surface area contributed by atoms with Gasteiger partial charge in [-0.1, -0.05) is 0 Å². The zero-order chi connectivity index (χ0) is 19.0. The maximum absolute atomic E-state index is 13.1. The van der Waals surface area contributed by atoms with Gasteiger partial charge in [0.2, 0.25) is 5.78 Å². The van der Waals surface area contributed by atoms with Gasteiger partial charge < -0.3 is 19.9 Å². The van der Waals surface area contributed by atoms with Crippen LogP contribution >= 0.6 is 0 Å². The number of halogens is 1. The van der Waals surface area contributed by atoms with Crippen molar-refractivity contribution in [3.8, 4) is 11.3 Å². The molecule has 0 atom stereocenters. The zero-order valence-electron chi connectivity index (χ0n) is 14.0. The Morgan fingerprint density at radius 2 is 1.96 bits per heavy atom. The standard InChI is InChI=1S/C17H16FN5O4/c18-11-3-1-10(2-4-11)13-5-23-16(26)14-15(21-17(23)20-13)22(8-19-14)9-27-12(6-24)7-25/h1-5,8,12,24-25H,6-7,9H2,(H,20,21). The van der Waals surface area contributed by atoms with Crippen molar-refractivity contribution >= 4 is 16.9 Å². The number of hydrogen-bond acceptors (Lipinski definition) is 6. The average molecular weight is 373 g/mol. The van der Waals surface area contributed by atoms with Gasteiger partial charge in [0, 0.05) is 6.20 Å². The molecule has 0 unspecified atom stereocenters. The lowest BCUT2D eigenvalue weighted by atomic mass is 10.2. The summed E-state index contributed by atoms with van der Waals surface area (Å²) in [5.74, 6) is -0.0485. The molecule has 1 aromatic carbocycles. The summed E-state index contributed by atoms with van der Waals surface area (Å²) in [5, 5.41) is 18.1. The zero-order valence-corrected chi connectivity index (χ0v) is 14.0. The van der Waals surface area contributed by atoms with E-state index in [2.05, 4.69) is 15.0 Å². The molecule has 0 saturated heterocycles. The summed E-state index contributed by atoms with van der Waals surface area (Å²) < 4.78 is 21.3. The Morgan fingerprint density at radius 1 is 1.22 bits per heavy atom. The summed E-state index contributed by atoms with van der Waals surface area (Å²) in [5.41, 5.74) is 1.42. The van der Waals surface area contributed by atoms with E-state index >= 15 is 0 Å². The fourth-order valence-electron chi connectivity index (χ4n) is 2.72. The Hall–Kier alpha value is -3.08. The molecule has 3 N–H and O–H groups in total. The van der Waals surface area contributed by atoms with Crippen molar-refractivity contribution in [1.82, 2.24) is 23.9 Å². The summed E-state index contributed by atoms with van der Waals surface area (Å²) in [6.07, 6.45) is 2.26. The quantitative estimate of drug-likeness (QED) is 0.453. The molecule has 3 aromatic heterocycles. The third kappa shape index (κ3) is 3.10. The van der Waals surface area contributed by atoms with Gasteiger partial charge in [-0.05, 0) is 29.8 Å². The van der Waals surface area contributed by atoms with Crippen molar-refractivity contribution in [2.75, 3.05) is 13.2 Å². The lowest BCUT2D eigenvalue weighted by Gasteiger charge is -2.12. The van der Waals surface area contributed by atoms with Crippen LogP contribution in [0.2, 0.25) is 0 Å². The van der Waals surface area contributed by atoms with Crippen LogP contribution in [-0.2, 0) is 11.5 Å². The van der Waals surface area contributed by atoms with Crippen molar-refractivity contribution in [3.63, 3.8) is 0 Å². The Balaban J connectivity index is 1.76. The summed E-state index contributed by atoms with van der Waals surface area (Å²) in [7, 11) is 0. The van der Waals surface area contributed by atoms with E-state index in [1.807, 2.05) is 0 Å². The predicted octanol–water partition coefficient (Wildman–Crippen LogP) is 0.506. The SMILES string of the molecule is O=c1c2ncn(COC(CO)CO)c2nc2[nH]c(-c3ccc(F)cc3)cn12. The second-order valence-electron chi connectivity index (χ2n) is 5.95. The minimum atomic E-state index is -0.733. The first-order chi connectivity index (χ1) is 13.1. The number of aliphatic hydroxyl groups excluding tert-OH is 2. The van der Waals surface area contributed by atoms with Crippen molar-refractivity contribution in [1.29, 1.82) is 0 Å². The topological polar surface area (TPSA) is 118 Å². The van der Waals surface area contributed by atoms with Crippen LogP contribution in [0.3, 0.4) is 0 Å². The van der Waals surface area contributed by atoms with Gasteiger partial charge in [-0.2, -0.15) is 4.98 Å². The van der Waals surface area contributed by atoms with Crippen LogP contribution in [0.25, 0.3) is 28.2 Å². The molecule has 0 radical (unpaired) electrons. The molecule has 0 aliphatic heterocycles. The molecule has 4 aromatic rings. The first-order valence-electron chi connectivity index (χ1n) is 8.16. The van der Waals surface area contributed by atoms with Crippen LogP contribution in [0.15, 0.2) is 41.6 Å². The number of aromatic amines is 1. The molecule has 4 rings (SSSR count). The lowest BCUT2D eigenvalue weighted by Crippen LogP contribution is -2.23. The molecule has 27 heavy (non-hydrogen) atoms. The highest BCUT2D eigenvalue weighted by molar-refractivity contribution is 5.73. The maximum Gasteiger partial charge on any atom is 0.287 e. The molecule has 140 valence electrons. The minimum absolute atomic E-state index is 0.0313. The van der Waals surface area contributed by atoms with Gasteiger partial charge in [0.05, 0.1) is 25.2 Å². The van der Waals surface area contributed by atoms with Crippen LogP contribution in [-0.4, -0.2) is 53.5 Å². The Bertz CT molecular complexity index is 1140. The lowest BCUT2D eigenvalue weighted by molar-refractivity contribution is -0.0488. The average Bonchev–Trinajstić information content (AvgIpc) is 3.28. The molecule has 10 heteroatoms. The molecule has 0 bridgehead atoms. The van der Waals surface area contributed by atoms with E-state index in [4.69, 9.17) is 14.9 Å². The van der Waals surface area contributed by atoms with Crippen LogP contribution in [0.5, 0.6) is 0 Å². The van der Waals surface area contributed by atoms with Crippen LogP contribution in [0.4, 0.5) is 4.39 Å². The van der Waals surface area contributed by atoms with E-state index in [1.165, 1.54) is 27.4 Å². The first-order valence-corrected chi connectivity index (χ1v) is 8.16. The summed E-state index contributed by atoms with van der Waals surface area (Å²) in [4.78, 5) is 24.2. The summed E-state index contributed by atoms with van der Waals surface area (Å²) in [6, 6.07) is 5.86. The van der Waals surface area contributed by atoms with Gasteiger partial charge in [-0.15, -0.1) is 0 Å². The number of nitrogens with one attached hydrogen (secondary N) is 1. The molecule has 0 fully saturated rings. The highest BCUT2D eigenvalue weighted by Gasteiger charge is 2.15. The molecule has 0 aliphatic rings. The first kappa shape index (κ1) is 17.3. The van der Waals surface area contributed by atoms with E-state index in [0.29, 0.717) is 22.7 Å². The van der Waals surface area contributed by atoms with E-state index < -0.39 is 6.10 Å². The van der Waals surface area contributed by atoms with E-state index in [-0.39, 0.29) is 36.8 Å². The second kappa shape index (κ2) is 6.91. The number of aliphatic hydroxyl groups is 2. The highest BCUT2D eigenvalue weighted by atomic mass is 19.1. The van der Waals surface area contributed by atoms with Crippen molar-refractivity contribution in [3.05, 3.63) is 53.0 Å². The normalized spacial score (nSPS) is 11.9. The number of aromatic nitrogens is 5. The number of imidazole rings is 2. The van der Waals surface area contributed by atoms with Crippen LogP contribution in [0, 0.1) is 5.82 Å². The number of nitrogens with zero attached hydrogens (tertiary/aromatic N) is 4. The molecule has 0 saturated carbocycles. The maximum atomic E-state index is 13.1. The van der Waals surface area contributed by atoms with Gasteiger partial charge in [0.1, 0.15) is 18.7 Å². The third-order valence-corrected chi connectivity index (χ3v) is 4.19. The molecule has 3 heterocycles. The molecule has 0 aliphatic carbocycles. The largest absolute Gasteiger partial charge is 0.394 e. The van der Waals surface area contributed by atoms with Gasteiger partial charge in [-0.3, -0.25) is 9.36 Å². The fraction of sp³-hybridized carbons (Fsp3) is 0.235. The van der Waals surface area contributed by atoms with E-state index in [0.717, 1.165) is 0 Å². The molecule has 9 nitrogen and oxygen atoms in total. The Morgan fingerprint density at radius 3 is 2.67 bits per heavy atom. The van der Waals surface area contributed by atoms with Crippen LogP contribution < -0.4 is 5.56 Å². The molecular formula is C17H16FN5O4. The third-order valence-electron chi connectivity index (χ3n) is 4.19. The molecular weight excluding hydrogens is 357 g/mol. The van der Waals surface area contributed by atoms with E-state index in [9.17, 15) is 9.18 Å². The Labute approximate surface area is 151 Å². The number of H-pyrrole nitrogens is 1. The summed E-state index contributed by atoms with van der Waals surface area (Å²) in [6.45, 7) is -0.696. The second-order valence-corrected chi connectivity index (χ2v) is 5.95. The summed E-state index contributed by atoms with van der Waals surface area (Å²) >= 11 is 0. The van der Waals surface area contributed by atoms with Gasteiger partial charge >= 0.3 is 0 Å². The molecule has 0 amide bonds. The van der Waals surface area contributed by atoms with Gasteiger partial charge in [0.15, 0.2) is 11.2 Å².